The molecule has 96 valence electrons. The highest BCUT2D eigenvalue weighted by Gasteiger charge is 2.28. The molecule has 2 unspecified atom stereocenters. The van der Waals surface area contributed by atoms with Crippen LogP contribution in [0.4, 0.5) is 5.13 Å². The van der Waals surface area contributed by atoms with Crippen LogP contribution in [0.5, 0.6) is 0 Å². The van der Waals surface area contributed by atoms with Gasteiger partial charge in [-0.05, 0) is 11.8 Å². The third-order valence-electron chi connectivity index (χ3n) is 3.45. The molecule has 1 saturated heterocycles. The Hall–Kier alpha value is -0.650. The normalized spacial score (nSPS) is 24.6. The fraction of sp³-hybridized carbons (Fsp3) is 0.750. The molecule has 0 bridgehead atoms. The predicted molar refractivity (Wildman–Crippen MR) is 69.3 cm³/mol. The zero-order valence-electron chi connectivity index (χ0n) is 10.6. The van der Waals surface area contributed by atoms with Gasteiger partial charge in [0.2, 0.25) is 0 Å². The number of thiazole rings is 1. The largest absolute Gasteiger partial charge is 0.391 e. The number of ether oxygens (including phenoxy) is 1. The average molecular weight is 256 g/mol. The van der Waals surface area contributed by atoms with Gasteiger partial charge in [0.05, 0.1) is 23.8 Å². The Morgan fingerprint density at radius 1 is 1.41 bits per heavy atom. The van der Waals surface area contributed by atoms with Gasteiger partial charge >= 0.3 is 0 Å². The van der Waals surface area contributed by atoms with Crippen LogP contribution in [0.15, 0.2) is 0 Å². The summed E-state index contributed by atoms with van der Waals surface area (Å²) in [6, 6.07) is 0. The summed E-state index contributed by atoms with van der Waals surface area (Å²) in [7, 11) is 1.65. The minimum absolute atomic E-state index is 0.0509. The van der Waals surface area contributed by atoms with Crippen molar-refractivity contribution in [3.8, 4) is 0 Å². The van der Waals surface area contributed by atoms with Crippen LogP contribution in [0.2, 0.25) is 0 Å². The van der Waals surface area contributed by atoms with Crippen LogP contribution in [-0.4, -0.2) is 30.3 Å². The molecule has 0 aliphatic carbocycles. The summed E-state index contributed by atoms with van der Waals surface area (Å²) >= 11 is 1.59. The summed E-state index contributed by atoms with van der Waals surface area (Å²) < 4.78 is 5.10. The molecule has 0 saturated carbocycles. The fourth-order valence-electron chi connectivity index (χ4n) is 2.16. The molecule has 2 atom stereocenters. The first-order valence-electron chi connectivity index (χ1n) is 5.99. The van der Waals surface area contributed by atoms with Gasteiger partial charge in [0.25, 0.3) is 0 Å². The molecule has 0 spiro atoms. The Balaban J connectivity index is 2.16. The number of rotatable bonds is 4. The lowest BCUT2D eigenvalue weighted by atomic mass is 10.0. The summed E-state index contributed by atoms with van der Waals surface area (Å²) in [5, 5.41) is 10.3. The van der Waals surface area contributed by atoms with Gasteiger partial charge in [-0.15, -0.1) is 0 Å². The molecule has 1 aliphatic rings. The quantitative estimate of drug-likeness (QED) is 0.893. The van der Waals surface area contributed by atoms with E-state index in [2.05, 4.69) is 23.7 Å². The van der Waals surface area contributed by atoms with Crippen LogP contribution in [0.25, 0.3) is 0 Å². The molecular weight excluding hydrogens is 236 g/mol. The van der Waals surface area contributed by atoms with Crippen molar-refractivity contribution in [2.24, 2.45) is 11.8 Å². The molecule has 0 amide bonds. The van der Waals surface area contributed by atoms with E-state index in [9.17, 15) is 5.11 Å². The van der Waals surface area contributed by atoms with Gasteiger partial charge in [0.15, 0.2) is 5.13 Å². The van der Waals surface area contributed by atoms with E-state index in [0.29, 0.717) is 18.4 Å². The van der Waals surface area contributed by atoms with Crippen LogP contribution in [0.1, 0.15) is 24.4 Å². The molecule has 1 aliphatic heterocycles. The molecule has 1 aromatic heterocycles. The Kier molecular flexibility index (Phi) is 4.01. The second-order valence-corrected chi connectivity index (χ2v) is 5.88. The van der Waals surface area contributed by atoms with Crippen molar-refractivity contribution in [1.82, 2.24) is 4.98 Å². The predicted octanol–water partition coefficient (Wildman–Crippen LogP) is 1.87. The van der Waals surface area contributed by atoms with Gasteiger partial charge in [-0.25, -0.2) is 4.98 Å². The van der Waals surface area contributed by atoms with E-state index in [-0.39, 0.29) is 6.61 Å². The number of methoxy groups -OCH3 is 1. The third-order valence-corrected chi connectivity index (χ3v) is 4.59. The number of anilines is 1. The van der Waals surface area contributed by atoms with Crippen molar-refractivity contribution in [1.29, 1.82) is 0 Å². The molecule has 1 fully saturated rings. The van der Waals surface area contributed by atoms with Gasteiger partial charge in [-0.2, -0.15) is 0 Å². The summed E-state index contributed by atoms with van der Waals surface area (Å²) in [6.07, 6.45) is 0. The zero-order valence-corrected chi connectivity index (χ0v) is 11.5. The maximum atomic E-state index is 9.30. The van der Waals surface area contributed by atoms with Gasteiger partial charge in [-0.3, -0.25) is 0 Å². The maximum Gasteiger partial charge on any atom is 0.185 e. The lowest BCUT2D eigenvalue weighted by Gasteiger charge is -2.13. The highest BCUT2D eigenvalue weighted by atomic mass is 32.1. The molecule has 4 nitrogen and oxygen atoms in total. The second kappa shape index (κ2) is 5.33. The molecule has 0 aromatic carbocycles. The van der Waals surface area contributed by atoms with Gasteiger partial charge in [0, 0.05) is 20.2 Å². The minimum atomic E-state index is 0.0509. The molecule has 17 heavy (non-hydrogen) atoms. The number of hydrogen-bond donors (Lipinski definition) is 1. The van der Waals surface area contributed by atoms with Crippen LogP contribution in [-0.2, 0) is 18.0 Å². The lowest BCUT2D eigenvalue weighted by molar-refractivity contribution is 0.179. The molecule has 1 aromatic rings. The Labute approximate surface area is 106 Å². The molecule has 2 heterocycles. The molecule has 2 rings (SSSR count). The monoisotopic (exact) mass is 256 g/mol. The third kappa shape index (κ3) is 2.61. The topological polar surface area (TPSA) is 45.6 Å². The fourth-order valence-corrected chi connectivity index (χ4v) is 3.11. The maximum absolute atomic E-state index is 9.30. The van der Waals surface area contributed by atoms with Crippen molar-refractivity contribution < 1.29 is 9.84 Å². The number of aliphatic hydroxyl groups is 1. The van der Waals surface area contributed by atoms with Crippen molar-refractivity contribution in [3.05, 3.63) is 10.6 Å². The van der Waals surface area contributed by atoms with Crippen molar-refractivity contribution >= 4 is 16.5 Å². The first-order valence-corrected chi connectivity index (χ1v) is 6.80. The van der Waals surface area contributed by atoms with E-state index >= 15 is 0 Å². The Bertz CT molecular complexity index is 371. The van der Waals surface area contributed by atoms with Gasteiger partial charge < -0.3 is 14.7 Å². The lowest BCUT2D eigenvalue weighted by Crippen LogP contribution is -2.19. The zero-order chi connectivity index (χ0) is 12.4. The first-order chi connectivity index (χ1) is 8.15. The average Bonchev–Trinajstić information content (AvgIpc) is 2.84. The molecule has 1 N–H and O–H groups in total. The number of hydrogen-bond acceptors (Lipinski definition) is 5. The number of nitrogens with zero attached hydrogens (tertiary/aromatic N) is 2. The van der Waals surface area contributed by atoms with Crippen molar-refractivity contribution in [2.45, 2.75) is 27.1 Å². The highest BCUT2D eigenvalue weighted by Crippen LogP contribution is 2.32. The Morgan fingerprint density at radius 2 is 2.06 bits per heavy atom. The SMILES string of the molecule is COCc1nc(N2CC(C)C(C)C2)sc1CO. The van der Waals surface area contributed by atoms with Crippen LogP contribution in [0.3, 0.4) is 0 Å². The summed E-state index contributed by atoms with van der Waals surface area (Å²) in [5.41, 5.74) is 0.877. The molecular formula is C12H20N2O2S. The van der Waals surface area contributed by atoms with E-state index in [1.807, 2.05) is 0 Å². The van der Waals surface area contributed by atoms with E-state index in [0.717, 1.165) is 28.8 Å². The summed E-state index contributed by atoms with van der Waals surface area (Å²) in [6.45, 7) is 7.21. The van der Waals surface area contributed by atoms with E-state index in [1.165, 1.54) is 0 Å². The van der Waals surface area contributed by atoms with E-state index in [1.54, 1.807) is 18.4 Å². The second-order valence-electron chi connectivity index (χ2n) is 4.82. The van der Waals surface area contributed by atoms with E-state index < -0.39 is 0 Å². The van der Waals surface area contributed by atoms with Crippen molar-refractivity contribution in [3.63, 3.8) is 0 Å². The number of aromatic nitrogens is 1. The highest BCUT2D eigenvalue weighted by molar-refractivity contribution is 7.15. The smallest absolute Gasteiger partial charge is 0.185 e. The summed E-state index contributed by atoms with van der Waals surface area (Å²) in [5.74, 6) is 1.42. The first kappa shape index (κ1) is 12.8. The minimum Gasteiger partial charge on any atom is -0.391 e. The van der Waals surface area contributed by atoms with Gasteiger partial charge in [0.1, 0.15) is 0 Å². The molecule has 5 heteroatoms. The molecule has 0 radical (unpaired) electrons. The van der Waals surface area contributed by atoms with E-state index in [4.69, 9.17) is 4.74 Å². The van der Waals surface area contributed by atoms with Crippen molar-refractivity contribution in [2.75, 3.05) is 25.1 Å². The number of aliphatic hydroxyl groups excluding tert-OH is 1. The van der Waals surface area contributed by atoms with Crippen LogP contribution < -0.4 is 4.90 Å². The standard InChI is InChI=1S/C12H20N2O2S/c1-8-4-14(5-9(8)2)12-13-10(7-16-3)11(6-15)17-12/h8-9,15H,4-7H2,1-3H3. The summed E-state index contributed by atoms with van der Waals surface area (Å²) in [4.78, 5) is 7.82. The van der Waals surface area contributed by atoms with Crippen LogP contribution in [0, 0.1) is 11.8 Å². The van der Waals surface area contributed by atoms with Crippen LogP contribution >= 0.6 is 11.3 Å². The van der Waals surface area contributed by atoms with Gasteiger partial charge in [-0.1, -0.05) is 25.2 Å². The Morgan fingerprint density at radius 3 is 2.59 bits per heavy atom.